The van der Waals surface area contributed by atoms with E-state index >= 15 is 0 Å². The van der Waals surface area contributed by atoms with Gasteiger partial charge in [-0.25, -0.2) is 0 Å². The number of azide groups is 1. The van der Waals surface area contributed by atoms with Gasteiger partial charge in [0.2, 0.25) is 0 Å². The third-order valence-corrected chi connectivity index (χ3v) is 3.54. The number of benzene rings is 2. The summed E-state index contributed by atoms with van der Waals surface area (Å²) in [5.41, 5.74) is 13.7. The quantitative estimate of drug-likeness (QED) is 0.427. The van der Waals surface area contributed by atoms with Gasteiger partial charge in [0.15, 0.2) is 0 Å². The van der Waals surface area contributed by atoms with Crippen molar-refractivity contribution in [3.8, 4) is 11.1 Å². The van der Waals surface area contributed by atoms with Gasteiger partial charge in [-0.2, -0.15) is 0 Å². The summed E-state index contributed by atoms with van der Waals surface area (Å²) < 4.78 is 0. The topological polar surface area (TPSA) is 48.8 Å². The molecule has 2 aromatic rings. The highest BCUT2D eigenvalue weighted by atomic mass is 15.1. The molecule has 0 N–H and O–H groups in total. The molecule has 1 aliphatic rings. The van der Waals surface area contributed by atoms with E-state index < -0.39 is 0 Å². The highest BCUT2D eigenvalue weighted by Gasteiger charge is 2.26. The van der Waals surface area contributed by atoms with Crippen molar-refractivity contribution in [2.45, 2.75) is 12.3 Å². The van der Waals surface area contributed by atoms with Crippen LogP contribution in [0.2, 0.25) is 0 Å². The van der Waals surface area contributed by atoms with Crippen LogP contribution in [0.4, 0.5) is 0 Å². The predicted molar refractivity (Wildman–Crippen MR) is 72.4 cm³/mol. The molecule has 0 saturated heterocycles. The van der Waals surface area contributed by atoms with E-state index in [1.54, 1.807) is 0 Å². The minimum Gasteiger partial charge on any atom is -0.0939 e. The highest BCUT2D eigenvalue weighted by molar-refractivity contribution is 5.78. The smallest absolute Gasteiger partial charge is 0.0266 e. The van der Waals surface area contributed by atoms with Crippen molar-refractivity contribution in [1.82, 2.24) is 0 Å². The lowest BCUT2D eigenvalue weighted by Crippen LogP contribution is -1.98. The largest absolute Gasteiger partial charge is 0.0939 e. The first kappa shape index (κ1) is 10.9. The minimum atomic E-state index is 0.364. The first-order valence-corrected chi connectivity index (χ1v) is 6.11. The molecule has 18 heavy (non-hydrogen) atoms. The van der Waals surface area contributed by atoms with Crippen molar-refractivity contribution >= 4 is 0 Å². The van der Waals surface area contributed by atoms with Gasteiger partial charge < -0.3 is 0 Å². The first-order valence-electron chi connectivity index (χ1n) is 6.11. The van der Waals surface area contributed by atoms with E-state index in [-0.39, 0.29) is 0 Å². The van der Waals surface area contributed by atoms with Gasteiger partial charge in [-0.15, -0.1) is 0 Å². The molecule has 0 unspecified atom stereocenters. The third kappa shape index (κ3) is 1.66. The second kappa shape index (κ2) is 4.55. The summed E-state index contributed by atoms with van der Waals surface area (Å²) in [4.78, 5) is 2.83. The maximum atomic E-state index is 8.39. The van der Waals surface area contributed by atoms with Gasteiger partial charge >= 0.3 is 0 Å². The Labute approximate surface area is 106 Å². The predicted octanol–water partition coefficient (Wildman–Crippen LogP) is 4.50. The molecule has 1 aliphatic carbocycles. The zero-order chi connectivity index (χ0) is 12.4. The maximum Gasteiger partial charge on any atom is 0.0266 e. The zero-order valence-electron chi connectivity index (χ0n) is 9.95. The van der Waals surface area contributed by atoms with E-state index in [4.69, 9.17) is 5.53 Å². The van der Waals surface area contributed by atoms with E-state index in [1.165, 1.54) is 22.3 Å². The SMILES string of the molecule is [N-]=[N+]=NCCC1c2ccccc2-c2ccccc21. The Morgan fingerprint density at radius 3 is 2.06 bits per heavy atom. The van der Waals surface area contributed by atoms with E-state index in [9.17, 15) is 0 Å². The molecule has 0 aromatic heterocycles. The van der Waals surface area contributed by atoms with Crippen molar-refractivity contribution in [3.05, 3.63) is 70.1 Å². The second-order valence-electron chi connectivity index (χ2n) is 4.47. The second-order valence-corrected chi connectivity index (χ2v) is 4.47. The van der Waals surface area contributed by atoms with Crippen molar-refractivity contribution < 1.29 is 0 Å². The fourth-order valence-corrected chi connectivity index (χ4v) is 2.80. The number of hydrogen-bond donors (Lipinski definition) is 0. The Balaban J connectivity index is 2.06. The molecule has 2 aromatic carbocycles. The van der Waals surface area contributed by atoms with Gasteiger partial charge in [-0.05, 0) is 34.2 Å². The Morgan fingerprint density at radius 2 is 1.50 bits per heavy atom. The molecule has 0 saturated carbocycles. The van der Waals surface area contributed by atoms with Crippen LogP contribution < -0.4 is 0 Å². The van der Waals surface area contributed by atoms with Crippen molar-refractivity contribution in [3.63, 3.8) is 0 Å². The molecule has 0 bridgehead atoms. The number of fused-ring (bicyclic) bond motifs is 3. The molecule has 0 amide bonds. The van der Waals surface area contributed by atoms with Gasteiger partial charge in [0.25, 0.3) is 0 Å². The fraction of sp³-hybridized carbons (Fsp3) is 0.200. The van der Waals surface area contributed by atoms with Crippen LogP contribution in [0, 0.1) is 0 Å². The van der Waals surface area contributed by atoms with Crippen molar-refractivity contribution in [1.29, 1.82) is 0 Å². The molecular weight excluding hydrogens is 222 g/mol. The lowest BCUT2D eigenvalue weighted by Gasteiger charge is -2.11. The molecule has 0 heterocycles. The average Bonchev–Trinajstić information content (AvgIpc) is 2.74. The molecule has 3 rings (SSSR count). The number of nitrogens with zero attached hydrogens (tertiary/aromatic N) is 3. The van der Waals surface area contributed by atoms with Crippen LogP contribution in [0.15, 0.2) is 53.6 Å². The van der Waals surface area contributed by atoms with Crippen LogP contribution in [0.25, 0.3) is 21.6 Å². The fourth-order valence-electron chi connectivity index (χ4n) is 2.80. The number of rotatable bonds is 3. The maximum absolute atomic E-state index is 8.39. The number of hydrogen-bond acceptors (Lipinski definition) is 1. The summed E-state index contributed by atoms with van der Waals surface area (Å²) in [6, 6.07) is 17.0. The lowest BCUT2D eigenvalue weighted by molar-refractivity contribution is 0.738. The van der Waals surface area contributed by atoms with Crippen molar-refractivity contribution in [2.75, 3.05) is 6.54 Å². The van der Waals surface area contributed by atoms with E-state index in [2.05, 4.69) is 58.6 Å². The Morgan fingerprint density at radius 1 is 0.944 bits per heavy atom. The van der Waals surface area contributed by atoms with Crippen LogP contribution in [0.5, 0.6) is 0 Å². The molecule has 3 heteroatoms. The minimum absolute atomic E-state index is 0.364. The summed E-state index contributed by atoms with van der Waals surface area (Å²) in [7, 11) is 0. The highest BCUT2D eigenvalue weighted by Crippen LogP contribution is 2.45. The monoisotopic (exact) mass is 235 g/mol. The molecule has 0 aliphatic heterocycles. The molecule has 0 radical (unpaired) electrons. The van der Waals surface area contributed by atoms with Crippen LogP contribution in [0.1, 0.15) is 23.5 Å². The Hall–Kier alpha value is -2.25. The molecule has 0 atom stereocenters. The van der Waals surface area contributed by atoms with E-state index in [1.807, 2.05) is 0 Å². The van der Waals surface area contributed by atoms with Crippen LogP contribution in [0.3, 0.4) is 0 Å². The van der Waals surface area contributed by atoms with E-state index in [0.29, 0.717) is 12.5 Å². The van der Waals surface area contributed by atoms with E-state index in [0.717, 1.165) is 6.42 Å². The van der Waals surface area contributed by atoms with Gasteiger partial charge in [0, 0.05) is 17.4 Å². The molecule has 88 valence electrons. The molecule has 0 spiro atoms. The molecule has 0 fully saturated rings. The van der Waals surface area contributed by atoms with Gasteiger partial charge in [0.1, 0.15) is 0 Å². The summed E-state index contributed by atoms with van der Waals surface area (Å²) in [6.07, 6.45) is 0.873. The zero-order valence-corrected chi connectivity index (χ0v) is 9.95. The summed E-state index contributed by atoms with van der Waals surface area (Å²) >= 11 is 0. The Kier molecular flexibility index (Phi) is 2.75. The van der Waals surface area contributed by atoms with Crippen LogP contribution in [-0.2, 0) is 0 Å². The normalized spacial score (nSPS) is 12.7. The Bertz CT molecular complexity index is 582. The standard InChI is InChI=1S/C15H13N3/c16-18-17-10-9-15-13-7-3-1-5-11(13)12-6-2-4-8-14(12)15/h1-8,15H,9-10H2. The third-order valence-electron chi connectivity index (χ3n) is 3.54. The van der Waals surface area contributed by atoms with Gasteiger partial charge in [0.05, 0.1) is 0 Å². The van der Waals surface area contributed by atoms with Crippen molar-refractivity contribution in [2.24, 2.45) is 5.11 Å². The summed E-state index contributed by atoms with van der Waals surface area (Å²) in [5, 5.41) is 3.66. The molecular formula is C15H13N3. The molecule has 3 nitrogen and oxygen atoms in total. The lowest BCUT2D eigenvalue weighted by atomic mass is 9.94. The van der Waals surface area contributed by atoms with Gasteiger partial charge in [-0.3, -0.25) is 0 Å². The first-order chi connectivity index (χ1) is 8.92. The average molecular weight is 235 g/mol. The van der Waals surface area contributed by atoms with Crippen LogP contribution in [-0.4, -0.2) is 6.54 Å². The summed E-state index contributed by atoms with van der Waals surface area (Å²) in [6.45, 7) is 0.545. The van der Waals surface area contributed by atoms with Gasteiger partial charge in [-0.1, -0.05) is 53.6 Å². The van der Waals surface area contributed by atoms with Crippen LogP contribution >= 0.6 is 0 Å². The summed E-state index contributed by atoms with van der Waals surface area (Å²) in [5.74, 6) is 0.364.